The van der Waals surface area contributed by atoms with Gasteiger partial charge in [-0.3, -0.25) is 0 Å². The van der Waals surface area contributed by atoms with Crippen LogP contribution in [0.1, 0.15) is 13.3 Å². The number of hydrogen-bond acceptors (Lipinski definition) is 2. The molecule has 0 amide bonds. The van der Waals surface area contributed by atoms with Crippen molar-refractivity contribution in [2.75, 3.05) is 24.5 Å². The Kier molecular flexibility index (Phi) is 5.16. The van der Waals surface area contributed by atoms with Crippen LogP contribution < -0.4 is 4.90 Å². The van der Waals surface area contributed by atoms with Crippen molar-refractivity contribution in [1.29, 1.82) is 0 Å². The summed E-state index contributed by atoms with van der Waals surface area (Å²) < 4.78 is 13.5. The van der Waals surface area contributed by atoms with Crippen LogP contribution in [0, 0.1) is 5.82 Å². The molecule has 0 fully saturated rings. The first kappa shape index (κ1) is 12.3. The van der Waals surface area contributed by atoms with Crippen LogP contribution >= 0.6 is 0 Å². The summed E-state index contributed by atoms with van der Waals surface area (Å²) in [6, 6.07) is 6.69. The van der Waals surface area contributed by atoms with Gasteiger partial charge in [-0.15, -0.1) is 0 Å². The Balaban J connectivity index is 2.60. The van der Waals surface area contributed by atoms with Gasteiger partial charge in [0.2, 0.25) is 0 Å². The molecule has 5 heteroatoms. The molecule has 0 saturated heterocycles. The molecule has 0 N–H and O–H groups in total. The first-order valence-corrected chi connectivity index (χ1v) is 5.30. The quantitative estimate of drug-likeness (QED) is 0.315. The van der Waals surface area contributed by atoms with Crippen molar-refractivity contribution in [2.24, 2.45) is 5.11 Å². The molecule has 0 atom stereocenters. The van der Waals surface area contributed by atoms with Gasteiger partial charge in [-0.1, -0.05) is 17.2 Å². The van der Waals surface area contributed by atoms with Gasteiger partial charge in [0, 0.05) is 24.5 Å². The molecule has 0 aromatic heterocycles. The fraction of sp³-hybridized carbons (Fsp3) is 0.455. The maximum atomic E-state index is 13.5. The highest BCUT2D eigenvalue weighted by atomic mass is 19.1. The van der Waals surface area contributed by atoms with Crippen LogP contribution in [0.4, 0.5) is 10.1 Å². The van der Waals surface area contributed by atoms with E-state index in [0.717, 1.165) is 13.0 Å². The Hall–Kier alpha value is -1.74. The molecule has 0 aliphatic heterocycles. The van der Waals surface area contributed by atoms with E-state index in [4.69, 9.17) is 5.53 Å². The minimum Gasteiger partial charge on any atom is -0.369 e. The van der Waals surface area contributed by atoms with E-state index in [9.17, 15) is 4.39 Å². The number of rotatable bonds is 6. The lowest BCUT2D eigenvalue weighted by atomic mass is 10.2. The third-order valence-electron chi connectivity index (χ3n) is 2.32. The van der Waals surface area contributed by atoms with Crippen LogP contribution in [0.5, 0.6) is 0 Å². The van der Waals surface area contributed by atoms with E-state index in [1.165, 1.54) is 6.07 Å². The highest BCUT2D eigenvalue weighted by Gasteiger charge is 2.07. The van der Waals surface area contributed by atoms with Gasteiger partial charge >= 0.3 is 0 Å². The highest BCUT2D eigenvalue weighted by molar-refractivity contribution is 5.47. The van der Waals surface area contributed by atoms with Crippen molar-refractivity contribution in [3.63, 3.8) is 0 Å². The summed E-state index contributed by atoms with van der Waals surface area (Å²) >= 11 is 0. The number of para-hydroxylation sites is 1. The first-order chi connectivity index (χ1) is 7.79. The predicted octanol–water partition coefficient (Wildman–Crippen LogP) is 3.35. The smallest absolute Gasteiger partial charge is 0.146 e. The lowest BCUT2D eigenvalue weighted by Crippen LogP contribution is -2.25. The number of benzene rings is 1. The van der Waals surface area contributed by atoms with E-state index in [2.05, 4.69) is 10.0 Å². The minimum atomic E-state index is -0.215. The van der Waals surface area contributed by atoms with E-state index in [1.54, 1.807) is 12.1 Å². The summed E-state index contributed by atoms with van der Waals surface area (Å²) in [7, 11) is 0. The Morgan fingerprint density at radius 1 is 1.44 bits per heavy atom. The number of halogens is 1. The molecule has 0 bridgehead atoms. The summed E-state index contributed by atoms with van der Waals surface area (Å²) in [5, 5.41) is 3.45. The second kappa shape index (κ2) is 6.69. The van der Waals surface area contributed by atoms with Crippen molar-refractivity contribution < 1.29 is 4.39 Å². The molecule has 1 rings (SSSR count). The molecule has 0 unspecified atom stereocenters. The number of azide groups is 1. The molecule has 16 heavy (non-hydrogen) atoms. The zero-order valence-corrected chi connectivity index (χ0v) is 9.30. The van der Waals surface area contributed by atoms with Crippen LogP contribution in [0.25, 0.3) is 10.4 Å². The summed E-state index contributed by atoms with van der Waals surface area (Å²) in [5.41, 5.74) is 8.74. The van der Waals surface area contributed by atoms with Crippen LogP contribution in [0.3, 0.4) is 0 Å². The Labute approximate surface area is 94.3 Å². The van der Waals surface area contributed by atoms with Gasteiger partial charge in [-0.05, 0) is 31.0 Å². The molecule has 0 aliphatic rings. The number of nitrogens with zero attached hydrogens (tertiary/aromatic N) is 4. The second-order valence-electron chi connectivity index (χ2n) is 3.34. The van der Waals surface area contributed by atoms with E-state index in [1.807, 2.05) is 17.9 Å². The molecule has 86 valence electrons. The highest BCUT2D eigenvalue weighted by Crippen LogP contribution is 2.18. The zero-order valence-electron chi connectivity index (χ0n) is 9.30. The van der Waals surface area contributed by atoms with Gasteiger partial charge in [-0.25, -0.2) is 4.39 Å². The van der Waals surface area contributed by atoms with E-state index >= 15 is 0 Å². The third kappa shape index (κ3) is 3.44. The van der Waals surface area contributed by atoms with E-state index in [0.29, 0.717) is 18.8 Å². The summed E-state index contributed by atoms with van der Waals surface area (Å²) in [4.78, 5) is 4.61. The summed E-state index contributed by atoms with van der Waals surface area (Å²) in [6.07, 6.45) is 0.728. The van der Waals surface area contributed by atoms with Gasteiger partial charge in [0.15, 0.2) is 0 Å². The van der Waals surface area contributed by atoms with Crippen molar-refractivity contribution >= 4 is 5.69 Å². The molecular weight excluding hydrogens is 207 g/mol. The van der Waals surface area contributed by atoms with Gasteiger partial charge < -0.3 is 4.90 Å². The van der Waals surface area contributed by atoms with Gasteiger partial charge in [-0.2, -0.15) is 0 Å². The zero-order chi connectivity index (χ0) is 11.8. The number of anilines is 1. The molecule has 4 nitrogen and oxygen atoms in total. The lowest BCUT2D eigenvalue weighted by molar-refractivity contribution is 0.615. The van der Waals surface area contributed by atoms with Crippen LogP contribution in [0.2, 0.25) is 0 Å². The summed E-state index contributed by atoms with van der Waals surface area (Å²) in [5.74, 6) is -0.215. The molecule has 0 saturated carbocycles. The normalized spacial score (nSPS) is 9.62. The Morgan fingerprint density at radius 2 is 2.19 bits per heavy atom. The van der Waals surface area contributed by atoms with Crippen molar-refractivity contribution in [3.05, 3.63) is 40.5 Å². The average molecular weight is 222 g/mol. The third-order valence-corrected chi connectivity index (χ3v) is 2.32. The van der Waals surface area contributed by atoms with Crippen LogP contribution in [-0.2, 0) is 0 Å². The van der Waals surface area contributed by atoms with E-state index < -0.39 is 0 Å². The van der Waals surface area contributed by atoms with Gasteiger partial charge in [0.05, 0.1) is 5.69 Å². The van der Waals surface area contributed by atoms with Gasteiger partial charge in [0.1, 0.15) is 5.82 Å². The van der Waals surface area contributed by atoms with Crippen LogP contribution in [-0.4, -0.2) is 19.6 Å². The van der Waals surface area contributed by atoms with Crippen molar-refractivity contribution in [2.45, 2.75) is 13.3 Å². The van der Waals surface area contributed by atoms with E-state index in [-0.39, 0.29) is 5.82 Å². The Bertz CT molecular complexity index is 374. The fourth-order valence-corrected chi connectivity index (χ4v) is 1.53. The molecule has 1 aromatic rings. The maximum Gasteiger partial charge on any atom is 0.146 e. The monoisotopic (exact) mass is 222 g/mol. The SMILES string of the molecule is CCN(CCCN=[N+]=[N-])c1ccccc1F. The lowest BCUT2D eigenvalue weighted by Gasteiger charge is -2.23. The van der Waals surface area contributed by atoms with Gasteiger partial charge in [0.25, 0.3) is 0 Å². The Morgan fingerprint density at radius 3 is 2.81 bits per heavy atom. The standard InChI is InChI=1S/C11H15FN4/c1-2-16(9-5-8-14-15-13)11-7-4-3-6-10(11)12/h3-4,6-7H,2,5,8-9H2,1H3. The molecule has 0 spiro atoms. The molecule has 0 radical (unpaired) electrons. The number of hydrogen-bond donors (Lipinski definition) is 0. The molecule has 0 heterocycles. The molecule has 0 aliphatic carbocycles. The van der Waals surface area contributed by atoms with Crippen LogP contribution in [0.15, 0.2) is 29.4 Å². The largest absolute Gasteiger partial charge is 0.369 e. The van der Waals surface area contributed by atoms with Crippen molar-refractivity contribution in [1.82, 2.24) is 0 Å². The minimum absolute atomic E-state index is 0.215. The maximum absolute atomic E-state index is 13.5. The summed E-state index contributed by atoms with van der Waals surface area (Å²) in [6.45, 7) is 3.84. The fourth-order valence-electron chi connectivity index (χ4n) is 1.53. The average Bonchev–Trinajstić information content (AvgIpc) is 2.31. The molecular formula is C11H15FN4. The molecule has 1 aromatic carbocycles. The van der Waals surface area contributed by atoms with Crippen molar-refractivity contribution in [3.8, 4) is 0 Å². The second-order valence-corrected chi connectivity index (χ2v) is 3.34. The predicted molar refractivity (Wildman–Crippen MR) is 62.9 cm³/mol. The first-order valence-electron chi connectivity index (χ1n) is 5.30. The topological polar surface area (TPSA) is 52.0 Å².